The Labute approximate surface area is 174 Å². The molecule has 1 N–H and O–H groups in total. The number of rotatable bonds is 8. The van der Waals surface area contributed by atoms with Gasteiger partial charge in [-0.15, -0.1) is 0 Å². The molecule has 3 rings (SSSR count). The van der Waals surface area contributed by atoms with E-state index in [4.69, 9.17) is 9.47 Å². The van der Waals surface area contributed by atoms with Crippen molar-refractivity contribution in [2.24, 2.45) is 5.10 Å². The first kappa shape index (κ1) is 21.5. The van der Waals surface area contributed by atoms with Gasteiger partial charge < -0.3 is 9.47 Å². The second-order valence-corrected chi connectivity index (χ2v) is 8.31. The Morgan fingerprint density at radius 1 is 1.17 bits per heavy atom. The van der Waals surface area contributed by atoms with Crippen LogP contribution < -0.4 is 14.9 Å². The zero-order chi connectivity index (χ0) is 21.9. The molecule has 0 saturated carbocycles. The number of hydrogen-bond acceptors (Lipinski definition) is 8. The highest BCUT2D eigenvalue weighted by Crippen LogP contribution is 2.33. The highest BCUT2D eigenvalue weighted by Gasteiger charge is 2.27. The minimum atomic E-state index is -3.95. The van der Waals surface area contributed by atoms with Gasteiger partial charge in [-0.1, -0.05) is 13.8 Å². The molecule has 10 nitrogen and oxygen atoms in total. The minimum Gasteiger partial charge on any atom is -0.454 e. The zero-order valence-electron chi connectivity index (χ0n) is 16.8. The summed E-state index contributed by atoms with van der Waals surface area (Å²) in [5.41, 5.74) is 3.89. The number of fused-ring (bicyclic) bond motifs is 1. The van der Waals surface area contributed by atoms with E-state index in [-0.39, 0.29) is 36.2 Å². The van der Waals surface area contributed by atoms with Crippen LogP contribution in [-0.4, -0.2) is 43.2 Å². The van der Waals surface area contributed by atoms with E-state index in [1.54, 1.807) is 39.0 Å². The van der Waals surface area contributed by atoms with E-state index in [0.717, 1.165) is 11.6 Å². The first-order valence-corrected chi connectivity index (χ1v) is 10.7. The third-order valence-corrected chi connectivity index (χ3v) is 6.72. The van der Waals surface area contributed by atoms with Crippen LogP contribution in [0.2, 0.25) is 0 Å². The molecule has 0 fully saturated rings. The molecule has 0 aliphatic carbocycles. The van der Waals surface area contributed by atoms with Crippen LogP contribution in [0, 0.1) is 10.1 Å². The van der Waals surface area contributed by atoms with Crippen LogP contribution in [0.3, 0.4) is 0 Å². The normalized spacial score (nSPS) is 13.5. The predicted molar refractivity (Wildman–Crippen MR) is 112 cm³/mol. The fraction of sp³-hybridized carbons (Fsp3) is 0.316. The number of nitro groups is 1. The summed E-state index contributed by atoms with van der Waals surface area (Å²) in [5.74, 6) is 1.24. The SMILES string of the molecule is CCN(CC)S(=O)(=O)c1cc([N+](=O)[O-])ccc1N/N=C(/C)c1ccc2c(c1)OCO2. The molecule has 0 bridgehead atoms. The summed E-state index contributed by atoms with van der Waals surface area (Å²) >= 11 is 0. The molecule has 1 aliphatic rings. The van der Waals surface area contributed by atoms with Crippen molar-refractivity contribution in [2.45, 2.75) is 25.7 Å². The summed E-state index contributed by atoms with van der Waals surface area (Å²) in [4.78, 5) is 10.3. The number of non-ortho nitro benzene ring substituents is 1. The Morgan fingerprint density at radius 3 is 2.53 bits per heavy atom. The third kappa shape index (κ3) is 4.21. The lowest BCUT2D eigenvalue weighted by atomic mass is 10.1. The number of anilines is 1. The lowest BCUT2D eigenvalue weighted by Gasteiger charge is -2.20. The van der Waals surface area contributed by atoms with E-state index in [2.05, 4.69) is 10.5 Å². The van der Waals surface area contributed by atoms with E-state index >= 15 is 0 Å². The molecule has 1 heterocycles. The van der Waals surface area contributed by atoms with Crippen molar-refractivity contribution in [3.8, 4) is 11.5 Å². The maximum Gasteiger partial charge on any atom is 0.270 e. The van der Waals surface area contributed by atoms with Gasteiger partial charge >= 0.3 is 0 Å². The predicted octanol–water partition coefficient (Wildman–Crippen LogP) is 3.19. The summed E-state index contributed by atoms with van der Waals surface area (Å²) in [7, 11) is -3.95. The van der Waals surface area contributed by atoms with E-state index < -0.39 is 14.9 Å². The summed E-state index contributed by atoms with van der Waals surface area (Å²) in [6, 6.07) is 8.95. The maximum absolute atomic E-state index is 13.0. The maximum atomic E-state index is 13.0. The Balaban J connectivity index is 1.97. The van der Waals surface area contributed by atoms with Crippen molar-refractivity contribution in [1.29, 1.82) is 0 Å². The first-order valence-electron chi connectivity index (χ1n) is 9.26. The molecule has 0 saturated heterocycles. The summed E-state index contributed by atoms with van der Waals surface area (Å²) < 4.78 is 37.9. The first-order chi connectivity index (χ1) is 14.3. The zero-order valence-corrected chi connectivity index (χ0v) is 17.6. The molecular formula is C19H22N4O6S. The number of nitrogens with zero attached hydrogens (tertiary/aromatic N) is 3. The van der Waals surface area contributed by atoms with Crippen molar-refractivity contribution >= 4 is 27.1 Å². The van der Waals surface area contributed by atoms with Gasteiger partial charge in [0, 0.05) is 30.8 Å². The Bertz CT molecular complexity index is 1100. The standard InChI is InChI=1S/C19H22N4O6S/c1-4-22(5-2)30(26,27)19-11-15(23(24)25)7-8-16(19)21-20-13(3)14-6-9-17-18(10-14)29-12-28-17/h6-11,21H,4-5,12H2,1-3H3/b20-13-. The molecule has 30 heavy (non-hydrogen) atoms. The monoisotopic (exact) mass is 434 g/mol. The Kier molecular flexibility index (Phi) is 6.22. The van der Waals surface area contributed by atoms with Crippen LogP contribution in [0.1, 0.15) is 26.3 Å². The van der Waals surface area contributed by atoms with Crippen LogP contribution in [0.5, 0.6) is 11.5 Å². The highest BCUT2D eigenvalue weighted by molar-refractivity contribution is 7.89. The van der Waals surface area contributed by atoms with Gasteiger partial charge in [0.2, 0.25) is 16.8 Å². The van der Waals surface area contributed by atoms with Gasteiger partial charge in [0.05, 0.1) is 16.3 Å². The molecule has 2 aromatic rings. The van der Waals surface area contributed by atoms with Crippen LogP contribution in [0.15, 0.2) is 46.4 Å². The van der Waals surface area contributed by atoms with Crippen LogP contribution in [-0.2, 0) is 10.0 Å². The quantitative estimate of drug-likeness (QED) is 0.384. The second-order valence-electron chi connectivity index (χ2n) is 6.40. The number of nitro benzene ring substituents is 1. The average Bonchev–Trinajstić information content (AvgIpc) is 3.20. The van der Waals surface area contributed by atoms with Crippen molar-refractivity contribution in [1.82, 2.24) is 4.31 Å². The highest BCUT2D eigenvalue weighted by atomic mass is 32.2. The molecule has 11 heteroatoms. The number of hydrogen-bond donors (Lipinski definition) is 1. The molecule has 160 valence electrons. The fourth-order valence-electron chi connectivity index (χ4n) is 2.96. The van der Waals surface area contributed by atoms with Crippen LogP contribution in [0.4, 0.5) is 11.4 Å². The number of hydrazone groups is 1. The molecule has 0 atom stereocenters. The van der Waals surface area contributed by atoms with Crippen molar-refractivity contribution in [3.05, 3.63) is 52.1 Å². The van der Waals surface area contributed by atoms with Gasteiger partial charge in [0.15, 0.2) is 11.5 Å². The largest absolute Gasteiger partial charge is 0.454 e. The molecule has 0 spiro atoms. The van der Waals surface area contributed by atoms with Gasteiger partial charge in [0.25, 0.3) is 5.69 Å². The summed E-state index contributed by atoms with van der Waals surface area (Å²) in [6.07, 6.45) is 0. The number of benzene rings is 2. The van der Waals surface area contributed by atoms with E-state index in [1.807, 2.05) is 0 Å². The average molecular weight is 434 g/mol. The lowest BCUT2D eigenvalue weighted by Crippen LogP contribution is -2.31. The van der Waals surface area contributed by atoms with Gasteiger partial charge in [-0.25, -0.2) is 8.42 Å². The molecule has 0 amide bonds. The minimum absolute atomic E-state index is 0.146. The number of nitrogens with one attached hydrogen (secondary N) is 1. The molecule has 0 unspecified atom stereocenters. The Hall–Kier alpha value is -3.18. The van der Waals surface area contributed by atoms with E-state index in [0.29, 0.717) is 17.2 Å². The van der Waals surface area contributed by atoms with Crippen LogP contribution >= 0.6 is 0 Å². The lowest BCUT2D eigenvalue weighted by molar-refractivity contribution is -0.385. The molecular weight excluding hydrogens is 412 g/mol. The second kappa shape index (κ2) is 8.67. The van der Waals surface area contributed by atoms with Crippen molar-refractivity contribution in [3.63, 3.8) is 0 Å². The van der Waals surface area contributed by atoms with Gasteiger partial charge in [0.1, 0.15) is 4.90 Å². The summed E-state index contributed by atoms with van der Waals surface area (Å²) in [5, 5.41) is 15.4. The molecule has 1 aliphatic heterocycles. The number of sulfonamides is 1. The number of ether oxygens (including phenoxy) is 2. The van der Waals surface area contributed by atoms with E-state index in [1.165, 1.54) is 16.4 Å². The topological polar surface area (TPSA) is 123 Å². The summed E-state index contributed by atoms with van der Waals surface area (Å²) in [6.45, 7) is 5.78. The third-order valence-electron chi connectivity index (χ3n) is 4.63. The molecule has 0 radical (unpaired) electrons. The molecule has 0 aromatic heterocycles. The van der Waals surface area contributed by atoms with Crippen LogP contribution in [0.25, 0.3) is 0 Å². The van der Waals surface area contributed by atoms with Gasteiger partial charge in [-0.3, -0.25) is 15.5 Å². The molecule has 2 aromatic carbocycles. The van der Waals surface area contributed by atoms with Crippen molar-refractivity contribution < 1.29 is 22.8 Å². The smallest absolute Gasteiger partial charge is 0.270 e. The van der Waals surface area contributed by atoms with Gasteiger partial charge in [-0.05, 0) is 31.2 Å². The van der Waals surface area contributed by atoms with Crippen molar-refractivity contribution in [2.75, 3.05) is 25.3 Å². The Morgan fingerprint density at radius 2 is 1.87 bits per heavy atom. The fourth-order valence-corrected chi connectivity index (χ4v) is 4.58. The van der Waals surface area contributed by atoms with Gasteiger partial charge in [-0.2, -0.15) is 9.41 Å². The van der Waals surface area contributed by atoms with E-state index in [9.17, 15) is 18.5 Å².